The molecule has 1 aliphatic rings. The van der Waals surface area contributed by atoms with Crippen molar-refractivity contribution in [2.75, 3.05) is 48.3 Å². The van der Waals surface area contributed by atoms with Crippen LogP contribution in [0.25, 0.3) is 22.2 Å². The molecule has 11 heteroatoms. The molecule has 5 aromatic rings. The monoisotopic (exact) mass is 546 g/mol. The molecule has 0 saturated carbocycles. The van der Waals surface area contributed by atoms with E-state index in [4.69, 9.17) is 10.2 Å². The summed E-state index contributed by atoms with van der Waals surface area (Å²) in [7, 11) is 0. The fourth-order valence-electron chi connectivity index (χ4n) is 4.74. The van der Waals surface area contributed by atoms with E-state index in [2.05, 4.69) is 47.1 Å². The molecule has 41 heavy (non-hydrogen) atoms. The largest absolute Gasteiger partial charge is 0.507 e. The Bertz CT molecular complexity index is 1780. The van der Waals surface area contributed by atoms with Crippen LogP contribution in [-0.4, -0.2) is 63.9 Å². The number of hydrogen-bond acceptors (Lipinski definition) is 10. The number of nitrogens with zero attached hydrogens (tertiary/aromatic N) is 6. The summed E-state index contributed by atoms with van der Waals surface area (Å²) in [5.41, 5.74) is 9.12. The third kappa shape index (κ3) is 5.44. The highest BCUT2D eigenvalue weighted by Crippen LogP contribution is 2.32. The SMILES string of the molecule is Nc1nnc(-c2ccccc2O)cc1N1CCN(c2ccnc(C#CCNC(=O)c3cccc4ccoc34)n2)CC1. The lowest BCUT2D eigenvalue weighted by Gasteiger charge is -2.36. The lowest BCUT2D eigenvalue weighted by atomic mass is 10.1. The Morgan fingerprint density at radius 1 is 1.02 bits per heavy atom. The van der Waals surface area contributed by atoms with E-state index in [1.54, 1.807) is 36.7 Å². The Morgan fingerprint density at radius 2 is 1.85 bits per heavy atom. The van der Waals surface area contributed by atoms with Gasteiger partial charge in [0.05, 0.1) is 29.8 Å². The van der Waals surface area contributed by atoms with E-state index in [1.807, 2.05) is 36.4 Å². The summed E-state index contributed by atoms with van der Waals surface area (Å²) in [6, 6.07) is 18.0. The molecule has 0 aliphatic carbocycles. The molecular formula is C30H26N8O3. The summed E-state index contributed by atoms with van der Waals surface area (Å²) >= 11 is 0. The van der Waals surface area contributed by atoms with Crippen molar-refractivity contribution < 1.29 is 14.3 Å². The Balaban J connectivity index is 1.08. The summed E-state index contributed by atoms with van der Waals surface area (Å²) in [6.45, 7) is 2.93. The van der Waals surface area contributed by atoms with Gasteiger partial charge in [0.25, 0.3) is 5.91 Å². The van der Waals surface area contributed by atoms with Gasteiger partial charge in [-0.3, -0.25) is 4.79 Å². The van der Waals surface area contributed by atoms with E-state index in [-0.39, 0.29) is 18.2 Å². The molecule has 2 aromatic carbocycles. The standard InChI is InChI=1S/C30H26N8O3/c31-29-24(19-23(35-36-29)21-6-1-2-8-25(21)39)37-14-16-38(17-15-37)27-10-13-32-26(34-27)9-4-12-33-30(40)22-7-3-5-20-11-18-41-28(20)22/h1-3,5-8,10-11,13,18-19,39H,12,14-17H2,(H2,31,36)(H,33,40). The van der Waals surface area contributed by atoms with E-state index in [0.29, 0.717) is 60.2 Å². The molecule has 1 saturated heterocycles. The van der Waals surface area contributed by atoms with Gasteiger partial charge < -0.3 is 30.4 Å². The van der Waals surface area contributed by atoms with Crippen molar-refractivity contribution in [3.8, 4) is 28.8 Å². The Morgan fingerprint density at radius 3 is 2.71 bits per heavy atom. The molecule has 0 unspecified atom stereocenters. The predicted octanol–water partition coefficient (Wildman–Crippen LogP) is 3.08. The molecule has 0 bridgehead atoms. The number of hydrogen-bond donors (Lipinski definition) is 3. The van der Waals surface area contributed by atoms with Gasteiger partial charge in [-0.25, -0.2) is 9.97 Å². The number of carbonyl (C=O) groups excluding carboxylic acids is 1. The zero-order valence-corrected chi connectivity index (χ0v) is 22.0. The molecule has 0 atom stereocenters. The number of amides is 1. The number of fused-ring (bicyclic) bond motifs is 1. The molecule has 4 N–H and O–H groups in total. The molecule has 1 amide bonds. The van der Waals surface area contributed by atoms with Gasteiger partial charge >= 0.3 is 0 Å². The number of nitrogen functional groups attached to an aromatic ring is 1. The topological polar surface area (TPSA) is 147 Å². The third-order valence-electron chi connectivity index (χ3n) is 6.83. The number of aromatic nitrogens is 4. The van der Waals surface area contributed by atoms with Crippen molar-refractivity contribution >= 4 is 34.2 Å². The second-order valence-electron chi connectivity index (χ2n) is 9.36. The van der Waals surface area contributed by atoms with Crippen LogP contribution in [0.3, 0.4) is 0 Å². The minimum absolute atomic E-state index is 0.138. The van der Waals surface area contributed by atoms with Crippen LogP contribution < -0.4 is 20.9 Å². The maximum atomic E-state index is 12.6. The number of aromatic hydroxyl groups is 1. The maximum absolute atomic E-state index is 12.6. The smallest absolute Gasteiger partial charge is 0.255 e. The van der Waals surface area contributed by atoms with E-state index in [9.17, 15) is 9.90 Å². The number of phenols is 1. The lowest BCUT2D eigenvalue weighted by Crippen LogP contribution is -2.47. The van der Waals surface area contributed by atoms with Crippen LogP contribution >= 0.6 is 0 Å². The maximum Gasteiger partial charge on any atom is 0.255 e. The number of carbonyl (C=O) groups is 1. The Kier molecular flexibility index (Phi) is 7.02. The van der Waals surface area contributed by atoms with Gasteiger partial charge in [0.1, 0.15) is 17.2 Å². The Hall–Kier alpha value is -5.63. The average Bonchev–Trinajstić information content (AvgIpc) is 3.49. The number of nitrogens with two attached hydrogens (primary N) is 1. The second kappa shape index (κ2) is 11.2. The zero-order chi connectivity index (χ0) is 28.2. The van der Waals surface area contributed by atoms with Crippen LogP contribution in [0.15, 0.2) is 77.5 Å². The van der Waals surface area contributed by atoms with Crippen LogP contribution in [0, 0.1) is 11.8 Å². The van der Waals surface area contributed by atoms with Crippen molar-refractivity contribution in [2.45, 2.75) is 0 Å². The van der Waals surface area contributed by atoms with Gasteiger partial charge in [-0.1, -0.05) is 30.2 Å². The molecule has 204 valence electrons. The van der Waals surface area contributed by atoms with E-state index in [0.717, 1.165) is 16.9 Å². The predicted molar refractivity (Wildman–Crippen MR) is 155 cm³/mol. The number of nitrogens with one attached hydrogen (secondary N) is 1. The fourth-order valence-corrected chi connectivity index (χ4v) is 4.74. The highest BCUT2D eigenvalue weighted by atomic mass is 16.3. The zero-order valence-electron chi connectivity index (χ0n) is 22.0. The minimum atomic E-state index is -0.259. The molecule has 0 radical (unpaired) electrons. The van der Waals surface area contributed by atoms with Crippen LogP contribution in [0.4, 0.5) is 17.3 Å². The van der Waals surface area contributed by atoms with Crippen molar-refractivity contribution in [1.82, 2.24) is 25.5 Å². The van der Waals surface area contributed by atoms with Gasteiger partial charge in [0.2, 0.25) is 5.82 Å². The van der Waals surface area contributed by atoms with Gasteiger partial charge in [-0.2, -0.15) is 0 Å². The summed E-state index contributed by atoms with van der Waals surface area (Å²) in [5, 5.41) is 22.2. The van der Waals surface area contributed by atoms with Crippen LogP contribution in [0.5, 0.6) is 5.75 Å². The van der Waals surface area contributed by atoms with Crippen molar-refractivity contribution in [3.05, 3.63) is 84.5 Å². The molecule has 11 nitrogen and oxygen atoms in total. The van der Waals surface area contributed by atoms with E-state index in [1.165, 1.54) is 0 Å². The number of para-hydroxylation sites is 2. The minimum Gasteiger partial charge on any atom is -0.507 e. The summed E-state index contributed by atoms with van der Waals surface area (Å²) < 4.78 is 5.44. The van der Waals surface area contributed by atoms with Crippen molar-refractivity contribution in [3.63, 3.8) is 0 Å². The van der Waals surface area contributed by atoms with E-state index >= 15 is 0 Å². The molecule has 1 aliphatic heterocycles. The van der Waals surface area contributed by atoms with Gasteiger partial charge in [-0.05, 0) is 42.3 Å². The summed E-state index contributed by atoms with van der Waals surface area (Å²) in [4.78, 5) is 25.7. The first-order chi connectivity index (χ1) is 20.1. The number of anilines is 3. The average molecular weight is 547 g/mol. The van der Waals surface area contributed by atoms with E-state index < -0.39 is 0 Å². The van der Waals surface area contributed by atoms with Gasteiger partial charge in [-0.15, -0.1) is 10.2 Å². The number of rotatable bonds is 5. The highest BCUT2D eigenvalue weighted by molar-refractivity contribution is 6.04. The number of furan rings is 1. The first kappa shape index (κ1) is 25.6. The summed E-state index contributed by atoms with van der Waals surface area (Å²) in [6.07, 6.45) is 3.24. The molecule has 0 spiro atoms. The summed E-state index contributed by atoms with van der Waals surface area (Å²) in [5.74, 6) is 7.22. The first-order valence-corrected chi connectivity index (χ1v) is 13.0. The lowest BCUT2D eigenvalue weighted by molar-refractivity contribution is 0.0959. The second-order valence-corrected chi connectivity index (χ2v) is 9.36. The van der Waals surface area contributed by atoms with Crippen molar-refractivity contribution in [1.29, 1.82) is 0 Å². The molecule has 3 aromatic heterocycles. The molecule has 1 fully saturated rings. The Labute approximate surface area is 235 Å². The number of benzene rings is 2. The quantitative estimate of drug-likeness (QED) is 0.281. The first-order valence-electron chi connectivity index (χ1n) is 13.0. The van der Waals surface area contributed by atoms with Crippen molar-refractivity contribution in [2.24, 2.45) is 0 Å². The van der Waals surface area contributed by atoms with Crippen LogP contribution in [0.2, 0.25) is 0 Å². The molecule has 4 heterocycles. The molecular weight excluding hydrogens is 520 g/mol. The normalized spacial score (nSPS) is 13.1. The van der Waals surface area contributed by atoms with Gasteiger partial charge in [0.15, 0.2) is 5.82 Å². The fraction of sp³-hybridized carbons (Fsp3) is 0.167. The third-order valence-corrected chi connectivity index (χ3v) is 6.83. The van der Waals surface area contributed by atoms with Crippen LogP contribution in [-0.2, 0) is 0 Å². The molecule has 6 rings (SSSR count). The van der Waals surface area contributed by atoms with Gasteiger partial charge in [0, 0.05) is 43.3 Å². The number of piperazine rings is 1. The highest BCUT2D eigenvalue weighted by Gasteiger charge is 2.22. The van der Waals surface area contributed by atoms with Crippen LogP contribution in [0.1, 0.15) is 16.2 Å². The number of phenolic OH excluding ortho intramolecular Hbond substituents is 1.